The zero-order valence-corrected chi connectivity index (χ0v) is 11.5. The van der Waals surface area contributed by atoms with E-state index in [9.17, 15) is 13.2 Å². The van der Waals surface area contributed by atoms with Crippen LogP contribution in [-0.2, 0) is 10.9 Å². The van der Waals surface area contributed by atoms with Gasteiger partial charge in [0, 0.05) is 25.2 Å². The highest BCUT2D eigenvalue weighted by Crippen LogP contribution is 2.36. The summed E-state index contributed by atoms with van der Waals surface area (Å²) in [6.45, 7) is 2.89. The van der Waals surface area contributed by atoms with Gasteiger partial charge in [0.15, 0.2) is 5.84 Å². The van der Waals surface area contributed by atoms with Gasteiger partial charge in [-0.2, -0.15) is 13.2 Å². The topological polar surface area (TPSA) is 77.1 Å². The number of nitrogens with two attached hydrogens (primary N) is 1. The van der Waals surface area contributed by atoms with Crippen LogP contribution in [0, 0.1) is 0 Å². The SMILES string of the molecule is CCOCCCOc1ccc(/C(N)=N/O)cc1C(F)(F)F. The van der Waals surface area contributed by atoms with E-state index in [1.54, 1.807) is 0 Å². The third-order valence-electron chi connectivity index (χ3n) is 2.58. The molecule has 0 bridgehead atoms. The minimum absolute atomic E-state index is 0.0357. The molecule has 0 heterocycles. The molecule has 1 aromatic carbocycles. The van der Waals surface area contributed by atoms with E-state index in [2.05, 4.69) is 5.16 Å². The van der Waals surface area contributed by atoms with Crippen molar-refractivity contribution in [3.8, 4) is 5.75 Å². The second-order valence-electron chi connectivity index (χ2n) is 4.09. The van der Waals surface area contributed by atoms with E-state index in [0.717, 1.165) is 12.1 Å². The van der Waals surface area contributed by atoms with Gasteiger partial charge < -0.3 is 20.4 Å². The highest BCUT2D eigenvalue weighted by molar-refractivity contribution is 5.97. The Morgan fingerprint density at radius 2 is 2.05 bits per heavy atom. The first-order valence-corrected chi connectivity index (χ1v) is 6.29. The predicted molar refractivity (Wildman–Crippen MR) is 70.6 cm³/mol. The molecule has 21 heavy (non-hydrogen) atoms. The van der Waals surface area contributed by atoms with Crippen LogP contribution in [0.5, 0.6) is 5.75 Å². The number of alkyl halides is 3. The molecule has 1 aromatic rings. The first-order valence-electron chi connectivity index (χ1n) is 6.29. The molecule has 0 atom stereocenters. The highest BCUT2D eigenvalue weighted by Gasteiger charge is 2.35. The Kier molecular flexibility index (Phi) is 6.29. The molecule has 0 amide bonds. The van der Waals surface area contributed by atoms with Crippen molar-refractivity contribution in [1.29, 1.82) is 0 Å². The van der Waals surface area contributed by atoms with Gasteiger partial charge in [-0.1, -0.05) is 5.16 Å². The van der Waals surface area contributed by atoms with Crippen molar-refractivity contribution in [3.63, 3.8) is 0 Å². The summed E-state index contributed by atoms with van der Waals surface area (Å²) in [5.41, 5.74) is 4.28. The molecule has 3 N–H and O–H groups in total. The van der Waals surface area contributed by atoms with Gasteiger partial charge in [0.1, 0.15) is 5.75 Å². The molecule has 0 saturated carbocycles. The Morgan fingerprint density at radius 3 is 2.62 bits per heavy atom. The molecule has 0 aliphatic heterocycles. The Balaban J connectivity index is 2.88. The van der Waals surface area contributed by atoms with Crippen molar-refractivity contribution >= 4 is 5.84 Å². The van der Waals surface area contributed by atoms with Crippen molar-refractivity contribution in [2.75, 3.05) is 19.8 Å². The summed E-state index contributed by atoms with van der Waals surface area (Å²) in [4.78, 5) is 0. The Labute approximate surface area is 120 Å². The van der Waals surface area contributed by atoms with Crippen molar-refractivity contribution in [3.05, 3.63) is 29.3 Å². The number of oxime groups is 1. The minimum atomic E-state index is -4.60. The Bertz CT molecular complexity index is 490. The number of amidine groups is 1. The maximum Gasteiger partial charge on any atom is 0.419 e. The number of hydrogen-bond acceptors (Lipinski definition) is 4. The van der Waals surface area contributed by atoms with Gasteiger partial charge in [0.25, 0.3) is 0 Å². The Hall–Kier alpha value is -1.96. The summed E-state index contributed by atoms with van der Waals surface area (Å²) in [7, 11) is 0. The zero-order valence-electron chi connectivity index (χ0n) is 11.5. The summed E-state index contributed by atoms with van der Waals surface area (Å²) < 4.78 is 49.1. The third-order valence-corrected chi connectivity index (χ3v) is 2.58. The molecule has 0 aromatic heterocycles. The largest absolute Gasteiger partial charge is 0.493 e. The van der Waals surface area contributed by atoms with Crippen molar-refractivity contribution < 1.29 is 27.9 Å². The molecule has 0 spiro atoms. The van der Waals surface area contributed by atoms with Crippen LogP contribution in [0.4, 0.5) is 13.2 Å². The van der Waals surface area contributed by atoms with Crippen molar-refractivity contribution in [2.24, 2.45) is 10.9 Å². The van der Waals surface area contributed by atoms with Gasteiger partial charge in [0.05, 0.1) is 12.2 Å². The van der Waals surface area contributed by atoms with Crippen LogP contribution in [0.25, 0.3) is 0 Å². The monoisotopic (exact) mass is 306 g/mol. The Morgan fingerprint density at radius 1 is 1.33 bits per heavy atom. The molecule has 8 heteroatoms. The molecule has 0 aliphatic rings. The predicted octanol–water partition coefficient (Wildman–Crippen LogP) is 2.61. The molecule has 5 nitrogen and oxygen atoms in total. The summed E-state index contributed by atoms with van der Waals surface area (Å²) in [5.74, 6) is -0.697. The first-order chi connectivity index (χ1) is 9.90. The average Bonchev–Trinajstić information content (AvgIpc) is 2.45. The van der Waals surface area contributed by atoms with E-state index >= 15 is 0 Å². The lowest BCUT2D eigenvalue weighted by Gasteiger charge is -2.15. The normalized spacial score (nSPS) is 12.5. The molecular formula is C13H17F3N2O3. The van der Waals surface area contributed by atoms with Gasteiger partial charge in [-0.15, -0.1) is 0 Å². The molecule has 0 radical (unpaired) electrons. The van der Waals surface area contributed by atoms with Crippen LogP contribution in [0.3, 0.4) is 0 Å². The van der Waals surface area contributed by atoms with E-state index in [1.807, 2.05) is 6.92 Å². The number of halogens is 3. The lowest BCUT2D eigenvalue weighted by atomic mass is 10.1. The maximum atomic E-state index is 13.0. The fraction of sp³-hybridized carbons (Fsp3) is 0.462. The third kappa shape index (κ3) is 5.14. The lowest BCUT2D eigenvalue weighted by molar-refractivity contribution is -0.139. The number of hydrogen-bond donors (Lipinski definition) is 2. The molecule has 0 unspecified atom stereocenters. The standard InChI is InChI=1S/C13H17F3N2O3/c1-2-20-6-3-7-21-11-5-4-9(12(17)18-19)8-10(11)13(14,15)16/h4-5,8,19H,2-3,6-7H2,1H3,(H2,17,18). The zero-order chi connectivity index (χ0) is 15.9. The van der Waals surface area contributed by atoms with Crippen molar-refractivity contribution in [2.45, 2.75) is 19.5 Å². The van der Waals surface area contributed by atoms with Crippen LogP contribution in [0.15, 0.2) is 23.4 Å². The summed E-state index contributed by atoms with van der Waals surface area (Å²) in [6.07, 6.45) is -4.12. The van der Waals surface area contributed by atoms with Gasteiger partial charge in [-0.25, -0.2) is 0 Å². The van der Waals surface area contributed by atoms with Gasteiger partial charge in [-0.05, 0) is 25.1 Å². The van der Waals surface area contributed by atoms with Crippen LogP contribution >= 0.6 is 0 Å². The van der Waals surface area contributed by atoms with Crippen LogP contribution < -0.4 is 10.5 Å². The van der Waals surface area contributed by atoms with Gasteiger partial charge in [-0.3, -0.25) is 0 Å². The second-order valence-corrected chi connectivity index (χ2v) is 4.09. The first kappa shape index (κ1) is 17.1. The number of rotatable bonds is 7. The van der Waals surface area contributed by atoms with E-state index in [4.69, 9.17) is 20.4 Å². The quantitative estimate of drug-likeness (QED) is 0.267. The van der Waals surface area contributed by atoms with Crippen LogP contribution in [-0.4, -0.2) is 30.9 Å². The molecule has 118 valence electrons. The number of ether oxygens (including phenoxy) is 2. The van der Waals surface area contributed by atoms with E-state index in [1.165, 1.54) is 6.07 Å². The van der Waals surface area contributed by atoms with E-state index in [-0.39, 0.29) is 17.9 Å². The van der Waals surface area contributed by atoms with Crippen molar-refractivity contribution in [1.82, 2.24) is 0 Å². The van der Waals surface area contributed by atoms with Gasteiger partial charge in [0.2, 0.25) is 0 Å². The lowest BCUT2D eigenvalue weighted by Crippen LogP contribution is -2.16. The highest BCUT2D eigenvalue weighted by atomic mass is 19.4. The molecule has 0 fully saturated rings. The minimum Gasteiger partial charge on any atom is -0.493 e. The van der Waals surface area contributed by atoms with E-state index < -0.39 is 17.6 Å². The maximum absolute atomic E-state index is 13.0. The molecule has 0 aliphatic carbocycles. The molecular weight excluding hydrogens is 289 g/mol. The smallest absolute Gasteiger partial charge is 0.419 e. The number of benzene rings is 1. The molecule has 0 saturated heterocycles. The number of nitrogens with zero attached hydrogens (tertiary/aromatic N) is 1. The second kappa shape index (κ2) is 7.72. The fourth-order valence-electron chi connectivity index (χ4n) is 1.58. The van der Waals surface area contributed by atoms with Crippen LogP contribution in [0.2, 0.25) is 0 Å². The van der Waals surface area contributed by atoms with Gasteiger partial charge >= 0.3 is 6.18 Å². The summed E-state index contributed by atoms with van der Waals surface area (Å²) >= 11 is 0. The molecule has 1 rings (SSSR count). The summed E-state index contributed by atoms with van der Waals surface area (Å²) in [5, 5.41) is 11.2. The van der Waals surface area contributed by atoms with Crippen LogP contribution in [0.1, 0.15) is 24.5 Å². The summed E-state index contributed by atoms with van der Waals surface area (Å²) in [6, 6.07) is 3.23. The fourth-order valence-corrected chi connectivity index (χ4v) is 1.58. The van der Waals surface area contributed by atoms with E-state index in [0.29, 0.717) is 19.6 Å². The average molecular weight is 306 g/mol.